The molecule has 0 fully saturated rings. The fourth-order valence-electron chi connectivity index (χ4n) is 2.78. The molecule has 0 radical (unpaired) electrons. The molecule has 28 heavy (non-hydrogen) atoms. The Kier molecular flexibility index (Phi) is 7.04. The number of amides is 2. The molecule has 1 unspecified atom stereocenters. The van der Waals surface area contributed by atoms with Crippen molar-refractivity contribution in [3.8, 4) is 0 Å². The number of anilines is 3. The van der Waals surface area contributed by atoms with Crippen molar-refractivity contribution in [2.24, 2.45) is 0 Å². The van der Waals surface area contributed by atoms with E-state index in [1.807, 2.05) is 0 Å². The largest absolute Gasteiger partial charge is 0.326 e. The van der Waals surface area contributed by atoms with Crippen LogP contribution in [-0.2, 0) is 19.6 Å². The van der Waals surface area contributed by atoms with E-state index in [0.717, 1.165) is 10.6 Å². The van der Waals surface area contributed by atoms with Crippen LogP contribution >= 0.6 is 11.6 Å². The van der Waals surface area contributed by atoms with Crippen molar-refractivity contribution >= 4 is 50.5 Å². The normalized spacial score (nSPS) is 12.1. The summed E-state index contributed by atoms with van der Waals surface area (Å²) in [4.78, 5) is 24.1. The molecule has 0 saturated carbocycles. The summed E-state index contributed by atoms with van der Waals surface area (Å²) < 4.78 is 25.9. The smallest absolute Gasteiger partial charge is 0.248 e. The minimum atomic E-state index is -3.75. The lowest BCUT2D eigenvalue weighted by Crippen LogP contribution is -2.47. The summed E-state index contributed by atoms with van der Waals surface area (Å²) in [5.74, 6) is -0.730. The molecule has 0 spiro atoms. The molecule has 2 rings (SSSR count). The second kappa shape index (κ2) is 9.07. The second-order valence-corrected chi connectivity index (χ2v) is 8.51. The van der Waals surface area contributed by atoms with Crippen molar-refractivity contribution in [3.05, 3.63) is 53.6 Å². The molecule has 0 bridgehead atoms. The van der Waals surface area contributed by atoms with Crippen molar-refractivity contribution in [3.63, 3.8) is 0 Å². The van der Waals surface area contributed by atoms with Crippen LogP contribution in [-0.4, -0.2) is 32.5 Å². The summed E-state index contributed by atoms with van der Waals surface area (Å²) in [5.41, 5.74) is 1.27. The van der Waals surface area contributed by atoms with Gasteiger partial charge < -0.3 is 10.6 Å². The molecule has 0 saturated heterocycles. The number of benzene rings is 2. The summed E-state index contributed by atoms with van der Waals surface area (Å²) in [6.45, 7) is 3.11. The Morgan fingerprint density at radius 3 is 2.21 bits per heavy atom. The minimum Gasteiger partial charge on any atom is -0.326 e. The summed E-state index contributed by atoms with van der Waals surface area (Å²) >= 11 is 6.00. The molecule has 0 aliphatic rings. The first kappa shape index (κ1) is 21.7. The monoisotopic (exact) mass is 423 g/mol. The highest BCUT2D eigenvalue weighted by atomic mass is 35.5. The van der Waals surface area contributed by atoms with E-state index in [4.69, 9.17) is 11.6 Å². The van der Waals surface area contributed by atoms with Crippen molar-refractivity contribution < 1.29 is 18.0 Å². The molecule has 0 heterocycles. The summed E-state index contributed by atoms with van der Waals surface area (Å²) in [5, 5.41) is 5.71. The lowest BCUT2D eigenvalue weighted by molar-refractivity contribution is -0.117. The lowest BCUT2D eigenvalue weighted by atomic mass is 10.1. The van der Waals surface area contributed by atoms with Gasteiger partial charge in [-0.25, -0.2) is 8.42 Å². The van der Waals surface area contributed by atoms with Gasteiger partial charge in [-0.3, -0.25) is 13.9 Å². The van der Waals surface area contributed by atoms with Crippen molar-refractivity contribution in [2.75, 3.05) is 21.2 Å². The Balaban J connectivity index is 2.33. The summed E-state index contributed by atoms with van der Waals surface area (Å²) in [6, 6.07) is 12.0. The maximum absolute atomic E-state index is 12.9. The molecule has 150 valence electrons. The Morgan fingerprint density at radius 2 is 1.68 bits per heavy atom. The van der Waals surface area contributed by atoms with Gasteiger partial charge in [0.25, 0.3) is 0 Å². The number of sulfonamides is 1. The first-order chi connectivity index (χ1) is 13.1. The van der Waals surface area contributed by atoms with Crippen molar-refractivity contribution in [2.45, 2.75) is 26.3 Å². The highest BCUT2D eigenvalue weighted by molar-refractivity contribution is 7.92. The van der Waals surface area contributed by atoms with Crippen LogP contribution in [0, 0.1) is 0 Å². The van der Waals surface area contributed by atoms with Gasteiger partial charge in [0.2, 0.25) is 21.8 Å². The molecule has 1 atom stereocenters. The maximum atomic E-state index is 12.9. The molecule has 2 N–H and O–H groups in total. The molecule has 9 heteroatoms. The number of hydrogen-bond acceptors (Lipinski definition) is 4. The van der Waals surface area contributed by atoms with Crippen LogP contribution in [0.2, 0.25) is 5.02 Å². The van der Waals surface area contributed by atoms with E-state index in [0.29, 0.717) is 22.1 Å². The van der Waals surface area contributed by atoms with Crippen LogP contribution in [0.1, 0.15) is 20.3 Å². The van der Waals surface area contributed by atoms with E-state index in [-0.39, 0.29) is 12.3 Å². The predicted molar refractivity (Wildman–Crippen MR) is 112 cm³/mol. The number of rotatable bonds is 7. The molecular weight excluding hydrogens is 402 g/mol. The van der Waals surface area contributed by atoms with E-state index in [1.165, 1.54) is 13.0 Å². The first-order valence-corrected chi connectivity index (χ1v) is 10.8. The van der Waals surface area contributed by atoms with Crippen molar-refractivity contribution in [1.82, 2.24) is 0 Å². The number of nitrogens with one attached hydrogen (secondary N) is 2. The lowest BCUT2D eigenvalue weighted by Gasteiger charge is -2.30. The number of carbonyl (C=O) groups is 2. The topological polar surface area (TPSA) is 95.6 Å². The fourth-order valence-corrected chi connectivity index (χ4v) is 4.17. The van der Waals surface area contributed by atoms with Gasteiger partial charge in [0.05, 0.1) is 11.9 Å². The second-order valence-electron chi connectivity index (χ2n) is 6.21. The minimum absolute atomic E-state index is 0.237. The van der Waals surface area contributed by atoms with E-state index in [9.17, 15) is 18.0 Å². The summed E-state index contributed by atoms with van der Waals surface area (Å²) in [6.07, 6.45) is 1.29. The van der Waals surface area contributed by atoms with Crippen LogP contribution in [0.25, 0.3) is 0 Å². The van der Waals surface area contributed by atoms with E-state index < -0.39 is 22.0 Å². The molecule has 7 nitrogen and oxygen atoms in total. The van der Waals surface area contributed by atoms with E-state index in [1.54, 1.807) is 49.4 Å². The Labute approximate surface area is 169 Å². The van der Waals surface area contributed by atoms with Gasteiger partial charge >= 0.3 is 0 Å². The zero-order chi connectivity index (χ0) is 20.9. The third-order valence-corrected chi connectivity index (χ3v) is 5.26. The third-order valence-electron chi connectivity index (χ3n) is 3.84. The molecular formula is C19H22ClN3O4S. The average molecular weight is 424 g/mol. The zero-order valence-corrected chi connectivity index (χ0v) is 17.3. The van der Waals surface area contributed by atoms with Crippen molar-refractivity contribution in [1.29, 1.82) is 0 Å². The Morgan fingerprint density at radius 1 is 1.07 bits per heavy atom. The van der Waals surface area contributed by atoms with Gasteiger partial charge in [-0.1, -0.05) is 30.7 Å². The highest BCUT2D eigenvalue weighted by Crippen LogP contribution is 2.26. The van der Waals surface area contributed by atoms with Crippen LogP contribution in [0.5, 0.6) is 0 Å². The Hall–Kier alpha value is -2.58. The third kappa shape index (κ3) is 5.71. The molecule has 0 aliphatic carbocycles. The average Bonchev–Trinajstić information content (AvgIpc) is 2.58. The molecule has 0 aliphatic heterocycles. The molecule has 2 aromatic carbocycles. The zero-order valence-electron chi connectivity index (χ0n) is 15.8. The fraction of sp³-hybridized carbons (Fsp3) is 0.263. The van der Waals surface area contributed by atoms with Gasteiger partial charge in [0.15, 0.2) is 0 Å². The van der Waals surface area contributed by atoms with E-state index in [2.05, 4.69) is 10.6 Å². The summed E-state index contributed by atoms with van der Waals surface area (Å²) in [7, 11) is -3.75. The number of nitrogens with zero attached hydrogens (tertiary/aromatic N) is 1. The van der Waals surface area contributed by atoms with Gasteiger partial charge in [0, 0.05) is 23.3 Å². The van der Waals surface area contributed by atoms with Gasteiger partial charge in [-0.05, 0) is 42.8 Å². The standard InChI is InChI=1S/C19H22ClN3O4S/c1-4-18(23(28(3,26)27)17-10-5-7-14(20)11-17)19(25)22-16-9-6-8-15(12-16)21-13(2)24/h5-12,18H,4H2,1-3H3,(H,21,24)(H,22,25). The SMILES string of the molecule is CCC(C(=O)Nc1cccc(NC(C)=O)c1)N(c1cccc(Cl)c1)S(C)(=O)=O. The quantitative estimate of drug-likeness (QED) is 0.712. The number of halogens is 1. The molecule has 0 aromatic heterocycles. The highest BCUT2D eigenvalue weighted by Gasteiger charge is 2.31. The van der Waals surface area contributed by atoms with E-state index >= 15 is 0 Å². The predicted octanol–water partition coefficient (Wildman–Crippen LogP) is 3.48. The number of carbonyl (C=O) groups excluding carboxylic acids is 2. The van der Waals surface area contributed by atoms with Crippen LogP contribution in [0.4, 0.5) is 17.1 Å². The van der Waals surface area contributed by atoms with Crippen LogP contribution < -0.4 is 14.9 Å². The number of hydrogen-bond donors (Lipinski definition) is 2. The van der Waals surface area contributed by atoms with Crippen LogP contribution in [0.3, 0.4) is 0 Å². The van der Waals surface area contributed by atoms with Gasteiger partial charge in [0.1, 0.15) is 6.04 Å². The first-order valence-electron chi connectivity index (χ1n) is 8.55. The maximum Gasteiger partial charge on any atom is 0.248 e. The molecule has 2 amide bonds. The van der Waals surface area contributed by atoms with Gasteiger partial charge in [-0.2, -0.15) is 0 Å². The van der Waals surface area contributed by atoms with Crippen LogP contribution in [0.15, 0.2) is 48.5 Å². The Bertz CT molecular complexity index is 979. The molecule has 2 aromatic rings. The van der Waals surface area contributed by atoms with Gasteiger partial charge in [-0.15, -0.1) is 0 Å².